The molecule has 0 aliphatic heterocycles. The van der Waals surface area contributed by atoms with Crippen LogP contribution in [0.25, 0.3) is 0 Å². The number of carbonyl (C=O) groups excluding carboxylic acids is 2. The average Bonchev–Trinajstić information content (AvgIpc) is 3.43. The van der Waals surface area contributed by atoms with Gasteiger partial charge in [0, 0.05) is 12.8 Å². The Kier molecular flexibility index (Phi) is 64.9. The molecule has 454 valence electrons. The van der Waals surface area contributed by atoms with E-state index in [2.05, 4.69) is 43.5 Å². The van der Waals surface area contributed by atoms with E-state index in [1.807, 2.05) is 6.08 Å². The van der Waals surface area contributed by atoms with Crippen molar-refractivity contribution in [1.82, 2.24) is 5.32 Å². The second-order valence-electron chi connectivity index (χ2n) is 23.9. The summed E-state index contributed by atoms with van der Waals surface area (Å²) in [6.45, 7) is 4.92. The van der Waals surface area contributed by atoms with E-state index < -0.39 is 12.1 Å². The van der Waals surface area contributed by atoms with Gasteiger partial charge < -0.3 is 20.3 Å². The highest BCUT2D eigenvalue weighted by Gasteiger charge is 2.18. The van der Waals surface area contributed by atoms with Gasteiger partial charge in [-0.05, 0) is 83.5 Å². The maximum Gasteiger partial charge on any atom is 0.305 e. The van der Waals surface area contributed by atoms with Crippen LogP contribution in [0.3, 0.4) is 0 Å². The van der Waals surface area contributed by atoms with Crippen LogP contribution < -0.4 is 5.32 Å². The van der Waals surface area contributed by atoms with Gasteiger partial charge in [0.15, 0.2) is 0 Å². The van der Waals surface area contributed by atoms with Gasteiger partial charge in [-0.2, -0.15) is 0 Å². The largest absolute Gasteiger partial charge is 0.466 e. The van der Waals surface area contributed by atoms with Crippen molar-refractivity contribution in [2.24, 2.45) is 0 Å². The number of nitrogens with one attached hydrogen (secondary N) is 1. The molecule has 6 nitrogen and oxygen atoms in total. The molecule has 0 bridgehead atoms. The Labute approximate surface area is 481 Å². The van der Waals surface area contributed by atoms with Gasteiger partial charge in [0.25, 0.3) is 0 Å². The second kappa shape index (κ2) is 66.6. The summed E-state index contributed by atoms with van der Waals surface area (Å²) in [5.41, 5.74) is 0. The third-order valence-corrected chi connectivity index (χ3v) is 16.1. The summed E-state index contributed by atoms with van der Waals surface area (Å²) in [6.07, 6.45) is 85.1. The predicted molar refractivity (Wildman–Crippen MR) is 338 cm³/mol. The van der Waals surface area contributed by atoms with E-state index in [0.717, 1.165) is 44.9 Å². The van der Waals surface area contributed by atoms with E-state index in [9.17, 15) is 19.8 Å². The van der Waals surface area contributed by atoms with E-state index >= 15 is 0 Å². The monoisotopic (exact) mass is 1080 g/mol. The zero-order valence-electron chi connectivity index (χ0n) is 52.0. The zero-order chi connectivity index (χ0) is 55.7. The van der Waals surface area contributed by atoms with Crippen LogP contribution in [0.15, 0.2) is 36.5 Å². The Morgan fingerprint density at radius 2 is 0.610 bits per heavy atom. The molecule has 0 fully saturated rings. The summed E-state index contributed by atoms with van der Waals surface area (Å²) >= 11 is 0. The van der Waals surface area contributed by atoms with E-state index in [1.54, 1.807) is 6.08 Å². The molecule has 1 amide bonds. The summed E-state index contributed by atoms with van der Waals surface area (Å²) in [7, 11) is 0. The van der Waals surface area contributed by atoms with Crippen molar-refractivity contribution in [1.29, 1.82) is 0 Å². The first-order chi connectivity index (χ1) is 38.0. The van der Waals surface area contributed by atoms with Crippen LogP contribution in [0, 0.1) is 0 Å². The quantitative estimate of drug-likeness (QED) is 0.0320. The van der Waals surface area contributed by atoms with Crippen LogP contribution >= 0.6 is 0 Å². The number of unbranched alkanes of at least 4 members (excludes halogenated alkanes) is 50. The molecule has 0 aromatic heterocycles. The first-order valence-electron chi connectivity index (χ1n) is 34.8. The fraction of sp³-hybridized carbons (Fsp3) is 0.887. The Hall–Kier alpha value is -1.92. The smallest absolute Gasteiger partial charge is 0.305 e. The van der Waals surface area contributed by atoms with Gasteiger partial charge in [-0.1, -0.05) is 320 Å². The normalized spacial score (nSPS) is 12.7. The standard InChI is InChI=1S/C71H135NO5/c1-3-5-7-9-11-13-15-17-19-36-39-43-47-51-55-59-63-69(74)68(67-73)72-70(75)64-60-56-52-48-44-40-37-34-32-30-28-26-24-22-20-21-23-25-27-29-31-33-35-38-42-46-50-54-58-62-66-77-71(76)65-61-57-53-49-45-41-18-16-14-12-10-8-6-4-2/h16,18,21,23,59,63,68-69,73-74H,3-15,17,19-20,22,24-58,60-62,64-67H2,1-2H3,(H,72,75)/b18-16-,23-21-,63-59+. The fourth-order valence-electron chi connectivity index (χ4n) is 10.8. The highest BCUT2D eigenvalue weighted by Crippen LogP contribution is 2.18. The number of hydrogen-bond donors (Lipinski definition) is 3. The minimum atomic E-state index is -0.843. The van der Waals surface area contributed by atoms with Crippen LogP contribution in [0.5, 0.6) is 0 Å². The van der Waals surface area contributed by atoms with Crippen molar-refractivity contribution < 1.29 is 24.5 Å². The number of aliphatic hydroxyl groups is 2. The Morgan fingerprint density at radius 3 is 0.922 bits per heavy atom. The highest BCUT2D eigenvalue weighted by molar-refractivity contribution is 5.76. The summed E-state index contributed by atoms with van der Waals surface area (Å²) in [6, 6.07) is -0.627. The number of aliphatic hydroxyl groups excluding tert-OH is 2. The van der Waals surface area contributed by atoms with Crippen LogP contribution in [-0.2, 0) is 14.3 Å². The van der Waals surface area contributed by atoms with E-state index in [0.29, 0.717) is 19.4 Å². The SMILES string of the molecule is CCCCCCC/C=C\CCCCCCCC(=O)OCCCCCCCCCCCCCC/C=C\CCCCCCCCCCCCCCCCC(=O)NC(CO)C(O)/C=C/CCCCCCCCCCCCCCCC. The van der Waals surface area contributed by atoms with E-state index in [4.69, 9.17) is 4.74 Å². The van der Waals surface area contributed by atoms with Gasteiger partial charge in [0.05, 0.1) is 25.4 Å². The molecule has 0 aromatic carbocycles. The molecular formula is C71H135NO5. The van der Waals surface area contributed by atoms with Crippen molar-refractivity contribution in [3.63, 3.8) is 0 Å². The summed E-state index contributed by atoms with van der Waals surface area (Å²) in [5.74, 6) is -0.0557. The lowest BCUT2D eigenvalue weighted by Gasteiger charge is -2.20. The second-order valence-corrected chi connectivity index (χ2v) is 23.9. The number of rotatable bonds is 65. The summed E-state index contributed by atoms with van der Waals surface area (Å²) in [5, 5.41) is 23.2. The van der Waals surface area contributed by atoms with Crippen molar-refractivity contribution in [3.05, 3.63) is 36.5 Å². The van der Waals surface area contributed by atoms with Gasteiger partial charge in [-0.25, -0.2) is 0 Å². The van der Waals surface area contributed by atoms with E-state index in [-0.39, 0.29) is 18.5 Å². The Balaban J connectivity index is 3.38. The van der Waals surface area contributed by atoms with Gasteiger partial charge in [-0.15, -0.1) is 0 Å². The van der Waals surface area contributed by atoms with Gasteiger partial charge >= 0.3 is 5.97 Å². The van der Waals surface area contributed by atoms with Crippen LogP contribution in [0.4, 0.5) is 0 Å². The molecule has 2 atom stereocenters. The number of ether oxygens (including phenoxy) is 1. The number of amides is 1. The number of esters is 1. The molecule has 0 aliphatic carbocycles. The molecule has 3 N–H and O–H groups in total. The molecule has 0 heterocycles. The number of carbonyl (C=O) groups is 2. The van der Waals surface area contributed by atoms with Crippen LogP contribution in [0.1, 0.15) is 380 Å². The Morgan fingerprint density at radius 1 is 0.351 bits per heavy atom. The average molecular weight is 1080 g/mol. The lowest BCUT2D eigenvalue weighted by atomic mass is 10.0. The lowest BCUT2D eigenvalue weighted by molar-refractivity contribution is -0.143. The number of allylic oxidation sites excluding steroid dienone is 5. The van der Waals surface area contributed by atoms with E-state index in [1.165, 1.54) is 308 Å². The van der Waals surface area contributed by atoms with Crippen LogP contribution in [-0.4, -0.2) is 47.4 Å². The van der Waals surface area contributed by atoms with Crippen molar-refractivity contribution >= 4 is 11.9 Å². The summed E-state index contributed by atoms with van der Waals surface area (Å²) in [4.78, 5) is 24.5. The molecule has 0 radical (unpaired) electrons. The van der Waals surface area contributed by atoms with Crippen molar-refractivity contribution in [2.45, 2.75) is 392 Å². The van der Waals surface area contributed by atoms with Gasteiger partial charge in [0.2, 0.25) is 5.91 Å². The molecule has 2 unspecified atom stereocenters. The van der Waals surface area contributed by atoms with Gasteiger partial charge in [0.1, 0.15) is 0 Å². The van der Waals surface area contributed by atoms with Crippen LogP contribution in [0.2, 0.25) is 0 Å². The number of hydrogen-bond acceptors (Lipinski definition) is 5. The molecule has 0 aliphatic rings. The first kappa shape index (κ1) is 75.1. The highest BCUT2D eigenvalue weighted by atomic mass is 16.5. The molecular weight excluding hydrogens is 947 g/mol. The van der Waals surface area contributed by atoms with Crippen molar-refractivity contribution in [3.8, 4) is 0 Å². The lowest BCUT2D eigenvalue weighted by Crippen LogP contribution is -2.45. The van der Waals surface area contributed by atoms with Crippen molar-refractivity contribution in [2.75, 3.05) is 13.2 Å². The fourth-order valence-corrected chi connectivity index (χ4v) is 10.8. The topological polar surface area (TPSA) is 95.9 Å². The predicted octanol–water partition coefficient (Wildman–Crippen LogP) is 22.3. The third-order valence-electron chi connectivity index (χ3n) is 16.1. The molecule has 0 saturated carbocycles. The molecule has 6 heteroatoms. The minimum Gasteiger partial charge on any atom is -0.466 e. The molecule has 0 aromatic rings. The molecule has 77 heavy (non-hydrogen) atoms. The molecule has 0 saturated heterocycles. The first-order valence-corrected chi connectivity index (χ1v) is 34.8. The maximum absolute atomic E-state index is 12.5. The zero-order valence-corrected chi connectivity index (χ0v) is 52.0. The minimum absolute atomic E-state index is 0.00850. The van der Waals surface area contributed by atoms with Gasteiger partial charge in [-0.3, -0.25) is 9.59 Å². The third kappa shape index (κ3) is 63.1. The molecule has 0 spiro atoms. The Bertz CT molecular complexity index is 1250. The molecule has 0 rings (SSSR count). The maximum atomic E-state index is 12.5. The summed E-state index contributed by atoms with van der Waals surface area (Å²) < 4.78 is 5.48.